The monoisotopic (exact) mass is 1170 g/mol. The Balaban J connectivity index is 0.961. The maximum absolute atomic E-state index is 14.6. The predicted molar refractivity (Wildman–Crippen MR) is 326 cm³/mol. The molecule has 3 heterocycles. The lowest BCUT2D eigenvalue weighted by molar-refractivity contribution is -0.119. The Labute approximate surface area is 494 Å². The first-order chi connectivity index (χ1) is 40.0. The van der Waals surface area contributed by atoms with Gasteiger partial charge in [-0.1, -0.05) is 91.1 Å². The summed E-state index contributed by atoms with van der Waals surface area (Å²) in [5, 5.41) is 21.9. The Kier molecular flexibility index (Phi) is 17.9. The third-order valence-electron chi connectivity index (χ3n) is 13.2. The van der Waals surface area contributed by atoms with Gasteiger partial charge in [0.1, 0.15) is 22.8 Å². The number of nitrogens with zero attached hydrogens (tertiary/aromatic N) is 7. The van der Waals surface area contributed by atoms with E-state index in [-0.39, 0.29) is 17.8 Å². The lowest BCUT2D eigenvalue weighted by atomic mass is 9.98. The van der Waals surface area contributed by atoms with E-state index in [2.05, 4.69) is 72.3 Å². The number of carbonyl (C=O) groups excluding carboxylic acids is 6. The standard InChI is InChI=1S/C62H65N11O9S2/c1-11-14-52-65-54-36(2)29-40(31-50(54)73(52)34-38-17-21-39(22-18-38)44-15-12-13-16-45(44)55-67-69-70-68-55)56(75)64-47-28-26-43(33-49(47)72(10)60(79)82-62(6,7)8)83-42-25-27-46(48(32-42)71(9)59(78)81-61(3,4)5)63-53(74)35-80-41-23-19-37(20-24-41)30-51-57(76)66-58(77)84-51/h12-13,15-29,31-33,51H,11,14,30,34-35H2,1-10H3,(H,63,74)(H,64,75)(H,66,76,77)(H,67,68,69,70). The van der Waals surface area contributed by atoms with E-state index in [1.807, 2.05) is 49.4 Å². The number of imide groups is 1. The summed E-state index contributed by atoms with van der Waals surface area (Å²) in [5.41, 5.74) is 7.20. The second-order valence-corrected chi connectivity index (χ2v) is 24.4. The Hall–Kier alpha value is -9.02. The van der Waals surface area contributed by atoms with Crippen molar-refractivity contribution >= 4 is 92.5 Å². The number of nitrogens with one attached hydrogen (secondary N) is 4. The van der Waals surface area contributed by atoms with Crippen molar-refractivity contribution in [3.63, 3.8) is 0 Å². The molecular formula is C62H65N11O9S2. The maximum atomic E-state index is 14.6. The molecular weight excluding hydrogens is 1110 g/mol. The summed E-state index contributed by atoms with van der Waals surface area (Å²) in [6.45, 7) is 14.8. The first-order valence-corrected chi connectivity index (χ1v) is 28.8. The summed E-state index contributed by atoms with van der Waals surface area (Å²) in [6, 6.07) is 37.3. The molecule has 0 bridgehead atoms. The van der Waals surface area contributed by atoms with Crippen molar-refractivity contribution in [2.45, 2.75) is 107 Å². The molecule has 1 atom stereocenters. The van der Waals surface area contributed by atoms with Crippen LogP contribution in [0, 0.1) is 6.92 Å². The van der Waals surface area contributed by atoms with Crippen LogP contribution in [-0.4, -0.2) is 102 Å². The molecule has 84 heavy (non-hydrogen) atoms. The molecule has 9 rings (SSSR count). The lowest BCUT2D eigenvalue weighted by Crippen LogP contribution is -2.35. The summed E-state index contributed by atoms with van der Waals surface area (Å²) in [4.78, 5) is 88.2. The molecule has 0 spiro atoms. The fraction of sp³-hybridized carbons (Fsp3) is 0.290. The van der Waals surface area contributed by atoms with Crippen LogP contribution in [0.5, 0.6) is 5.75 Å². The maximum Gasteiger partial charge on any atom is 0.414 e. The molecule has 434 valence electrons. The summed E-state index contributed by atoms with van der Waals surface area (Å²) in [7, 11) is 3.11. The third kappa shape index (κ3) is 14.6. The molecule has 1 fully saturated rings. The van der Waals surface area contributed by atoms with Crippen molar-refractivity contribution in [1.82, 2.24) is 35.5 Å². The minimum Gasteiger partial charge on any atom is -0.484 e. The Morgan fingerprint density at radius 2 is 1.36 bits per heavy atom. The van der Waals surface area contributed by atoms with Crippen molar-refractivity contribution in [2.24, 2.45) is 0 Å². The zero-order valence-corrected chi connectivity index (χ0v) is 49.9. The molecule has 20 nitrogen and oxygen atoms in total. The lowest BCUT2D eigenvalue weighted by Gasteiger charge is -2.27. The first kappa shape index (κ1) is 59.6. The molecule has 4 N–H and O–H groups in total. The van der Waals surface area contributed by atoms with Crippen LogP contribution in [0.1, 0.15) is 87.8 Å². The van der Waals surface area contributed by atoms with Gasteiger partial charge in [0.2, 0.25) is 5.91 Å². The number of hydrogen-bond donors (Lipinski definition) is 4. The highest BCUT2D eigenvalue weighted by atomic mass is 32.2. The van der Waals surface area contributed by atoms with E-state index in [0.29, 0.717) is 62.6 Å². The van der Waals surface area contributed by atoms with Gasteiger partial charge in [-0.25, -0.2) is 19.7 Å². The second kappa shape index (κ2) is 25.2. The van der Waals surface area contributed by atoms with Gasteiger partial charge in [0, 0.05) is 48.0 Å². The van der Waals surface area contributed by atoms with Crippen LogP contribution in [0.3, 0.4) is 0 Å². The number of anilines is 4. The molecule has 2 aromatic heterocycles. The molecule has 0 radical (unpaired) electrons. The predicted octanol–water partition coefficient (Wildman–Crippen LogP) is 12.3. The van der Waals surface area contributed by atoms with Crippen molar-refractivity contribution in [2.75, 3.05) is 41.1 Å². The highest BCUT2D eigenvalue weighted by Gasteiger charge is 2.32. The summed E-state index contributed by atoms with van der Waals surface area (Å²) < 4.78 is 19.5. The number of aromatic nitrogens is 6. The van der Waals surface area contributed by atoms with Crippen LogP contribution in [0.2, 0.25) is 0 Å². The third-order valence-corrected chi connectivity index (χ3v) is 15.2. The first-order valence-electron chi connectivity index (χ1n) is 27.1. The highest BCUT2D eigenvalue weighted by Crippen LogP contribution is 2.40. The summed E-state index contributed by atoms with van der Waals surface area (Å²) in [6.07, 6.45) is 0.633. The van der Waals surface area contributed by atoms with Crippen molar-refractivity contribution in [3.05, 3.63) is 149 Å². The van der Waals surface area contributed by atoms with E-state index < -0.39 is 40.5 Å². The van der Waals surface area contributed by atoms with Gasteiger partial charge < -0.3 is 29.4 Å². The number of aryl methyl sites for hydroxylation is 2. The number of thioether (sulfide) groups is 1. The van der Waals surface area contributed by atoms with Gasteiger partial charge in [-0.15, -0.1) is 5.10 Å². The van der Waals surface area contributed by atoms with Crippen LogP contribution in [0.4, 0.5) is 37.1 Å². The van der Waals surface area contributed by atoms with E-state index in [9.17, 15) is 28.8 Å². The van der Waals surface area contributed by atoms with E-state index in [0.717, 1.165) is 74.8 Å². The van der Waals surface area contributed by atoms with Gasteiger partial charge in [0.25, 0.3) is 17.1 Å². The van der Waals surface area contributed by atoms with E-state index >= 15 is 0 Å². The molecule has 0 saturated carbocycles. The number of imidazole rings is 1. The molecule has 1 aliphatic heterocycles. The normalized spacial score (nSPS) is 13.3. The molecule has 6 amide bonds. The molecule has 0 aliphatic carbocycles. The molecule has 8 aromatic rings. The van der Waals surface area contributed by atoms with Gasteiger partial charge in [0.15, 0.2) is 12.4 Å². The van der Waals surface area contributed by atoms with Crippen molar-refractivity contribution < 1.29 is 43.0 Å². The molecule has 6 aromatic carbocycles. The molecule has 1 saturated heterocycles. The van der Waals surface area contributed by atoms with Crippen LogP contribution < -0.4 is 30.5 Å². The number of ether oxygens (including phenoxy) is 3. The Morgan fingerprint density at radius 1 is 0.750 bits per heavy atom. The fourth-order valence-electron chi connectivity index (χ4n) is 9.25. The minimum absolute atomic E-state index is 0.301. The quantitative estimate of drug-likeness (QED) is 0.0624. The Bertz CT molecular complexity index is 3780. The number of benzene rings is 6. The van der Waals surface area contributed by atoms with Crippen LogP contribution in [0.15, 0.2) is 131 Å². The SMILES string of the molecule is CCCc1nc2c(C)cc(C(=O)Nc3ccc(Sc4ccc(NC(=O)COc5ccc(CC6SC(=O)NC6=O)cc5)c(N(C)C(=O)OC(C)(C)C)c4)cc3N(C)C(=O)OC(C)(C)C)cc2n1Cc1ccc(-c2ccccc2-c2nnn[nH]2)cc1. The van der Waals surface area contributed by atoms with Gasteiger partial charge in [-0.3, -0.25) is 34.3 Å². The van der Waals surface area contributed by atoms with Gasteiger partial charge in [-0.2, -0.15) is 0 Å². The average Bonchev–Trinajstić information content (AvgIpc) is 3.75. The fourth-order valence-corrected chi connectivity index (χ4v) is 11.0. The van der Waals surface area contributed by atoms with Crippen molar-refractivity contribution in [3.8, 4) is 28.3 Å². The van der Waals surface area contributed by atoms with Crippen LogP contribution >= 0.6 is 23.5 Å². The largest absolute Gasteiger partial charge is 0.484 e. The number of H-pyrrole nitrogens is 1. The van der Waals surface area contributed by atoms with Crippen molar-refractivity contribution in [1.29, 1.82) is 0 Å². The Morgan fingerprint density at radius 3 is 1.93 bits per heavy atom. The number of carbonyl (C=O) groups is 6. The van der Waals surface area contributed by atoms with E-state index in [1.54, 1.807) is 103 Å². The average molecular weight is 1170 g/mol. The van der Waals surface area contributed by atoms with E-state index in [1.165, 1.54) is 28.6 Å². The number of rotatable bonds is 18. The summed E-state index contributed by atoms with van der Waals surface area (Å²) in [5.74, 6) is 0.643. The highest BCUT2D eigenvalue weighted by molar-refractivity contribution is 8.15. The zero-order valence-electron chi connectivity index (χ0n) is 48.3. The zero-order chi connectivity index (χ0) is 60.0. The van der Waals surface area contributed by atoms with Gasteiger partial charge >= 0.3 is 12.2 Å². The number of tetrazole rings is 1. The van der Waals surface area contributed by atoms with Gasteiger partial charge in [-0.05, 0) is 160 Å². The summed E-state index contributed by atoms with van der Waals surface area (Å²) >= 11 is 2.27. The minimum atomic E-state index is -0.831. The van der Waals surface area contributed by atoms with Crippen LogP contribution in [-0.2, 0) is 38.4 Å². The number of fused-ring (bicyclic) bond motifs is 1. The van der Waals surface area contributed by atoms with Gasteiger partial charge in [0.05, 0.1) is 39.0 Å². The number of amides is 6. The molecule has 1 unspecified atom stereocenters. The topological polar surface area (TPSA) is 245 Å². The van der Waals surface area contributed by atoms with Crippen LogP contribution in [0.25, 0.3) is 33.5 Å². The molecule has 22 heteroatoms. The number of hydrogen-bond acceptors (Lipinski definition) is 15. The smallest absolute Gasteiger partial charge is 0.414 e. The van der Waals surface area contributed by atoms with E-state index in [4.69, 9.17) is 19.2 Å². The number of aromatic amines is 1. The molecule has 1 aliphatic rings. The second-order valence-electron chi connectivity index (χ2n) is 22.1.